The number of hydrogen-bond acceptors (Lipinski definition) is 4. The highest BCUT2D eigenvalue weighted by Crippen LogP contribution is 2.14. The summed E-state index contributed by atoms with van der Waals surface area (Å²) in [5.74, 6) is -0.0481. The Labute approximate surface area is 104 Å². The standard InChI is InChI=1S/C12H25N3O2/c1-11(2,15(4)5)7-14-10(16)6-17-12(3)8-13-9-12/h13H,6-9H2,1-5H3,(H,14,16). The second-order valence-electron chi connectivity index (χ2n) is 5.83. The fourth-order valence-corrected chi connectivity index (χ4v) is 1.34. The first-order valence-electron chi connectivity index (χ1n) is 6.04. The lowest BCUT2D eigenvalue weighted by Crippen LogP contribution is -2.60. The van der Waals surface area contributed by atoms with E-state index in [9.17, 15) is 4.79 Å². The summed E-state index contributed by atoms with van der Waals surface area (Å²) >= 11 is 0. The molecular formula is C12H25N3O2. The fraction of sp³-hybridized carbons (Fsp3) is 0.917. The van der Waals surface area contributed by atoms with Crippen LogP contribution in [-0.4, -0.2) is 62.3 Å². The molecule has 1 fully saturated rings. The van der Waals surface area contributed by atoms with Crippen LogP contribution in [0.2, 0.25) is 0 Å². The summed E-state index contributed by atoms with van der Waals surface area (Å²) in [5, 5.41) is 6.03. The predicted octanol–water partition coefficient (Wildman–Crippen LogP) is -0.179. The van der Waals surface area contributed by atoms with Crippen molar-refractivity contribution in [1.82, 2.24) is 15.5 Å². The largest absolute Gasteiger partial charge is 0.363 e. The monoisotopic (exact) mass is 243 g/mol. The lowest BCUT2D eigenvalue weighted by molar-refractivity contribution is -0.136. The summed E-state index contributed by atoms with van der Waals surface area (Å²) < 4.78 is 5.56. The van der Waals surface area contributed by atoms with Crippen LogP contribution in [0.4, 0.5) is 0 Å². The normalized spacial score (nSPS) is 18.9. The third-order valence-electron chi connectivity index (χ3n) is 3.48. The van der Waals surface area contributed by atoms with Gasteiger partial charge in [-0.1, -0.05) is 0 Å². The number of ether oxygens (including phenoxy) is 1. The van der Waals surface area contributed by atoms with Gasteiger partial charge in [0.25, 0.3) is 0 Å². The molecule has 0 bridgehead atoms. The average Bonchev–Trinajstić information content (AvgIpc) is 2.20. The van der Waals surface area contributed by atoms with E-state index in [0.29, 0.717) is 6.54 Å². The van der Waals surface area contributed by atoms with Crippen molar-refractivity contribution in [3.8, 4) is 0 Å². The van der Waals surface area contributed by atoms with Crippen LogP contribution in [0, 0.1) is 0 Å². The van der Waals surface area contributed by atoms with Crippen LogP contribution in [0.1, 0.15) is 20.8 Å². The van der Waals surface area contributed by atoms with E-state index in [1.807, 2.05) is 21.0 Å². The molecule has 1 heterocycles. The molecule has 0 unspecified atom stereocenters. The van der Waals surface area contributed by atoms with Crippen molar-refractivity contribution in [3.63, 3.8) is 0 Å². The molecule has 17 heavy (non-hydrogen) atoms. The van der Waals surface area contributed by atoms with Gasteiger partial charge in [0.2, 0.25) is 5.91 Å². The minimum atomic E-state index is -0.158. The van der Waals surface area contributed by atoms with Gasteiger partial charge in [0, 0.05) is 25.2 Å². The number of amides is 1. The van der Waals surface area contributed by atoms with E-state index in [1.165, 1.54) is 0 Å². The van der Waals surface area contributed by atoms with E-state index in [2.05, 4.69) is 29.4 Å². The molecule has 1 amide bonds. The summed E-state index contributed by atoms with van der Waals surface area (Å²) in [7, 11) is 4.01. The highest BCUT2D eigenvalue weighted by atomic mass is 16.5. The zero-order valence-electron chi connectivity index (χ0n) is 11.6. The van der Waals surface area contributed by atoms with Gasteiger partial charge >= 0.3 is 0 Å². The van der Waals surface area contributed by atoms with Crippen molar-refractivity contribution in [1.29, 1.82) is 0 Å². The van der Waals surface area contributed by atoms with Gasteiger partial charge in [0.15, 0.2) is 0 Å². The Morgan fingerprint density at radius 2 is 2.06 bits per heavy atom. The van der Waals surface area contributed by atoms with Crippen molar-refractivity contribution < 1.29 is 9.53 Å². The number of nitrogens with one attached hydrogen (secondary N) is 2. The Morgan fingerprint density at radius 3 is 2.47 bits per heavy atom. The Balaban J connectivity index is 2.21. The first kappa shape index (κ1) is 14.4. The lowest BCUT2D eigenvalue weighted by Gasteiger charge is -2.39. The molecule has 5 nitrogen and oxygen atoms in total. The van der Waals surface area contributed by atoms with Crippen molar-refractivity contribution in [2.45, 2.75) is 31.9 Å². The molecule has 1 rings (SSSR count). The molecule has 1 aliphatic heterocycles. The van der Waals surface area contributed by atoms with Gasteiger partial charge in [-0.15, -0.1) is 0 Å². The molecule has 0 aliphatic carbocycles. The molecule has 5 heteroatoms. The Kier molecular flexibility index (Phi) is 4.52. The maximum absolute atomic E-state index is 11.6. The lowest BCUT2D eigenvalue weighted by atomic mass is 10.0. The molecule has 0 atom stereocenters. The van der Waals surface area contributed by atoms with Gasteiger partial charge in [-0.2, -0.15) is 0 Å². The molecule has 100 valence electrons. The van der Waals surface area contributed by atoms with Crippen LogP contribution in [0.3, 0.4) is 0 Å². The minimum Gasteiger partial charge on any atom is -0.363 e. The van der Waals surface area contributed by atoms with Crippen molar-refractivity contribution >= 4 is 5.91 Å². The first-order chi connectivity index (χ1) is 7.75. The molecule has 0 spiro atoms. The van der Waals surface area contributed by atoms with Gasteiger partial charge in [-0.05, 0) is 34.9 Å². The Morgan fingerprint density at radius 1 is 1.47 bits per heavy atom. The van der Waals surface area contributed by atoms with Crippen LogP contribution >= 0.6 is 0 Å². The quantitative estimate of drug-likeness (QED) is 0.679. The Hall–Kier alpha value is -0.650. The summed E-state index contributed by atoms with van der Waals surface area (Å²) in [6, 6.07) is 0. The summed E-state index contributed by atoms with van der Waals surface area (Å²) in [5.41, 5.74) is -0.202. The molecule has 1 saturated heterocycles. The second-order valence-corrected chi connectivity index (χ2v) is 5.83. The zero-order chi connectivity index (χ0) is 13.1. The molecule has 0 aromatic carbocycles. The molecule has 0 saturated carbocycles. The number of hydrogen-bond donors (Lipinski definition) is 2. The van der Waals surface area contributed by atoms with E-state index in [1.54, 1.807) is 0 Å². The van der Waals surface area contributed by atoms with E-state index < -0.39 is 0 Å². The fourth-order valence-electron chi connectivity index (χ4n) is 1.34. The van der Waals surface area contributed by atoms with E-state index in [-0.39, 0.29) is 23.7 Å². The molecular weight excluding hydrogens is 218 g/mol. The third kappa shape index (κ3) is 4.26. The number of carbonyl (C=O) groups is 1. The summed E-state index contributed by atoms with van der Waals surface area (Å²) in [6.45, 7) is 8.60. The smallest absolute Gasteiger partial charge is 0.246 e. The number of carbonyl (C=O) groups excluding carboxylic acids is 1. The van der Waals surface area contributed by atoms with Crippen LogP contribution in [0.15, 0.2) is 0 Å². The maximum atomic E-state index is 11.6. The van der Waals surface area contributed by atoms with Gasteiger partial charge in [-0.3, -0.25) is 4.79 Å². The van der Waals surface area contributed by atoms with Crippen LogP contribution in [0.25, 0.3) is 0 Å². The zero-order valence-corrected chi connectivity index (χ0v) is 11.6. The van der Waals surface area contributed by atoms with Crippen molar-refractivity contribution in [2.75, 3.05) is 40.3 Å². The van der Waals surface area contributed by atoms with Crippen molar-refractivity contribution in [2.24, 2.45) is 0 Å². The molecule has 0 aromatic heterocycles. The van der Waals surface area contributed by atoms with Crippen LogP contribution in [0.5, 0.6) is 0 Å². The van der Waals surface area contributed by atoms with E-state index in [4.69, 9.17) is 4.74 Å². The maximum Gasteiger partial charge on any atom is 0.246 e. The highest BCUT2D eigenvalue weighted by molar-refractivity contribution is 5.77. The van der Waals surface area contributed by atoms with E-state index >= 15 is 0 Å². The highest BCUT2D eigenvalue weighted by Gasteiger charge is 2.33. The average molecular weight is 243 g/mol. The summed E-state index contributed by atoms with van der Waals surface area (Å²) in [6.07, 6.45) is 0. The number of rotatable bonds is 6. The number of likely N-dealkylation sites (N-methyl/N-ethyl adjacent to an activating group) is 1. The van der Waals surface area contributed by atoms with Crippen molar-refractivity contribution in [3.05, 3.63) is 0 Å². The van der Waals surface area contributed by atoms with Gasteiger partial charge in [0.05, 0.1) is 5.60 Å². The SMILES string of the molecule is CN(C)C(C)(C)CNC(=O)COC1(C)CNC1. The summed E-state index contributed by atoms with van der Waals surface area (Å²) in [4.78, 5) is 13.7. The van der Waals surface area contributed by atoms with Gasteiger partial charge < -0.3 is 20.3 Å². The van der Waals surface area contributed by atoms with Crippen LogP contribution in [-0.2, 0) is 9.53 Å². The Bertz CT molecular complexity index is 273. The third-order valence-corrected chi connectivity index (χ3v) is 3.48. The predicted molar refractivity (Wildman–Crippen MR) is 68.0 cm³/mol. The van der Waals surface area contributed by atoms with Gasteiger partial charge in [0.1, 0.15) is 6.61 Å². The number of nitrogens with zero attached hydrogens (tertiary/aromatic N) is 1. The van der Waals surface area contributed by atoms with Gasteiger partial charge in [-0.25, -0.2) is 0 Å². The molecule has 2 N–H and O–H groups in total. The topological polar surface area (TPSA) is 53.6 Å². The first-order valence-corrected chi connectivity index (χ1v) is 6.04. The van der Waals surface area contributed by atoms with Crippen LogP contribution < -0.4 is 10.6 Å². The molecule has 0 aromatic rings. The second kappa shape index (κ2) is 5.33. The van der Waals surface area contributed by atoms with E-state index in [0.717, 1.165) is 13.1 Å². The molecule has 1 aliphatic rings. The minimum absolute atomic E-state index is 0.0441. The molecule has 0 radical (unpaired) electrons.